The number of rotatable bonds is 3. The number of hydrogen-bond acceptors (Lipinski definition) is 3. The lowest BCUT2D eigenvalue weighted by molar-refractivity contribution is 0.876. The molecule has 0 fully saturated rings. The van der Waals surface area contributed by atoms with Crippen LogP contribution in [-0.2, 0) is 0 Å². The summed E-state index contributed by atoms with van der Waals surface area (Å²) in [6.45, 7) is 1.83. The van der Waals surface area contributed by atoms with Crippen LogP contribution in [0, 0.1) is 5.41 Å². The number of nitrogens with one attached hydrogen (secondary N) is 1. The standard InChI is InChI=1S/C7H13N3/c1-6(5-8)3-2-4-7(9)10/h2-5,7-8H,9-10H2,1H3/b4-2?,6-3-,8-5?. The second-order valence-electron chi connectivity index (χ2n) is 2.02. The van der Waals surface area contributed by atoms with E-state index in [1.165, 1.54) is 6.21 Å². The maximum absolute atomic E-state index is 6.80. The van der Waals surface area contributed by atoms with Crippen LogP contribution < -0.4 is 11.5 Å². The van der Waals surface area contributed by atoms with Crippen LogP contribution in [0.4, 0.5) is 0 Å². The first kappa shape index (κ1) is 9.07. The Kier molecular flexibility index (Phi) is 4.45. The van der Waals surface area contributed by atoms with E-state index in [4.69, 9.17) is 16.9 Å². The summed E-state index contributed by atoms with van der Waals surface area (Å²) in [6.07, 6.45) is 6.04. The molecule has 0 heterocycles. The minimum Gasteiger partial charge on any atom is -0.313 e. The third-order valence-corrected chi connectivity index (χ3v) is 0.920. The van der Waals surface area contributed by atoms with Crippen molar-refractivity contribution in [1.82, 2.24) is 0 Å². The molecule has 0 saturated heterocycles. The Balaban J connectivity index is 3.81. The fraction of sp³-hybridized carbons (Fsp3) is 0.286. The average molecular weight is 139 g/mol. The topological polar surface area (TPSA) is 75.9 Å². The van der Waals surface area contributed by atoms with Gasteiger partial charge in [0.15, 0.2) is 0 Å². The van der Waals surface area contributed by atoms with Crippen molar-refractivity contribution in [3.63, 3.8) is 0 Å². The molecule has 0 aromatic carbocycles. The number of nitrogens with two attached hydrogens (primary N) is 2. The van der Waals surface area contributed by atoms with E-state index in [-0.39, 0.29) is 0 Å². The van der Waals surface area contributed by atoms with Crippen LogP contribution in [-0.4, -0.2) is 12.4 Å². The van der Waals surface area contributed by atoms with Gasteiger partial charge >= 0.3 is 0 Å². The van der Waals surface area contributed by atoms with Gasteiger partial charge in [-0.1, -0.05) is 18.2 Å². The normalized spacial score (nSPS) is 13.0. The molecule has 0 aromatic heterocycles. The highest BCUT2D eigenvalue weighted by molar-refractivity contribution is 5.75. The minimum atomic E-state index is -0.408. The molecule has 0 rings (SSSR count). The number of allylic oxidation sites excluding steroid dienone is 3. The lowest BCUT2D eigenvalue weighted by Crippen LogP contribution is -2.27. The second kappa shape index (κ2) is 4.90. The maximum Gasteiger partial charge on any atom is 0.0716 e. The first-order valence-electron chi connectivity index (χ1n) is 3.03. The molecule has 10 heavy (non-hydrogen) atoms. The van der Waals surface area contributed by atoms with Gasteiger partial charge in [-0.25, -0.2) is 0 Å². The molecular formula is C7H13N3. The van der Waals surface area contributed by atoms with Gasteiger partial charge in [-0.05, 0) is 12.5 Å². The second-order valence-corrected chi connectivity index (χ2v) is 2.02. The molecule has 5 N–H and O–H groups in total. The minimum absolute atomic E-state index is 0.408. The van der Waals surface area contributed by atoms with Crippen LogP contribution in [0.1, 0.15) is 6.92 Å². The summed E-state index contributed by atoms with van der Waals surface area (Å²) in [7, 11) is 0. The van der Waals surface area contributed by atoms with Crippen LogP contribution in [0.15, 0.2) is 23.8 Å². The molecule has 3 heteroatoms. The predicted octanol–water partition coefficient (Wildman–Crippen LogP) is 0.382. The Morgan fingerprint density at radius 3 is 2.50 bits per heavy atom. The van der Waals surface area contributed by atoms with Gasteiger partial charge in [0.25, 0.3) is 0 Å². The summed E-state index contributed by atoms with van der Waals surface area (Å²) in [5, 5.41) is 6.80. The zero-order chi connectivity index (χ0) is 7.98. The van der Waals surface area contributed by atoms with Crippen LogP contribution in [0.2, 0.25) is 0 Å². The van der Waals surface area contributed by atoms with Crippen molar-refractivity contribution in [2.24, 2.45) is 11.5 Å². The van der Waals surface area contributed by atoms with E-state index in [2.05, 4.69) is 0 Å². The van der Waals surface area contributed by atoms with E-state index in [0.29, 0.717) is 0 Å². The summed E-state index contributed by atoms with van der Waals surface area (Å²) in [4.78, 5) is 0. The molecule has 0 radical (unpaired) electrons. The largest absolute Gasteiger partial charge is 0.313 e. The van der Waals surface area contributed by atoms with Crippen molar-refractivity contribution < 1.29 is 0 Å². The number of hydrogen-bond donors (Lipinski definition) is 3. The van der Waals surface area contributed by atoms with Gasteiger partial charge in [0.05, 0.1) is 6.17 Å². The average Bonchev–Trinajstić information content (AvgIpc) is 1.87. The molecule has 0 bridgehead atoms. The fourth-order valence-corrected chi connectivity index (χ4v) is 0.384. The molecular weight excluding hydrogens is 126 g/mol. The highest BCUT2D eigenvalue weighted by Crippen LogP contribution is 1.86. The van der Waals surface area contributed by atoms with Crippen molar-refractivity contribution >= 4 is 6.21 Å². The first-order valence-corrected chi connectivity index (χ1v) is 3.03. The van der Waals surface area contributed by atoms with Crippen molar-refractivity contribution in [2.45, 2.75) is 13.1 Å². The Hall–Kier alpha value is -0.930. The molecule has 56 valence electrons. The van der Waals surface area contributed by atoms with E-state index in [1.807, 2.05) is 6.92 Å². The van der Waals surface area contributed by atoms with Crippen LogP contribution >= 0.6 is 0 Å². The Morgan fingerprint density at radius 1 is 1.50 bits per heavy atom. The van der Waals surface area contributed by atoms with Gasteiger partial charge in [-0.3, -0.25) is 0 Å². The van der Waals surface area contributed by atoms with Gasteiger partial charge in [0.2, 0.25) is 0 Å². The molecule has 0 aliphatic rings. The molecule has 0 unspecified atom stereocenters. The molecule has 0 atom stereocenters. The Bertz CT molecular complexity index is 156. The van der Waals surface area contributed by atoms with Gasteiger partial charge in [0.1, 0.15) is 0 Å². The third-order valence-electron chi connectivity index (χ3n) is 0.920. The Labute approximate surface area is 60.9 Å². The van der Waals surface area contributed by atoms with Crippen molar-refractivity contribution in [2.75, 3.05) is 0 Å². The predicted molar refractivity (Wildman–Crippen MR) is 43.8 cm³/mol. The molecule has 0 saturated carbocycles. The molecule has 0 amide bonds. The van der Waals surface area contributed by atoms with E-state index < -0.39 is 6.17 Å². The first-order chi connectivity index (χ1) is 4.66. The highest BCUT2D eigenvalue weighted by Gasteiger charge is 1.80. The van der Waals surface area contributed by atoms with Gasteiger partial charge < -0.3 is 16.9 Å². The zero-order valence-corrected chi connectivity index (χ0v) is 6.04. The highest BCUT2D eigenvalue weighted by atomic mass is 14.8. The maximum atomic E-state index is 6.80. The van der Waals surface area contributed by atoms with Crippen molar-refractivity contribution in [3.8, 4) is 0 Å². The smallest absolute Gasteiger partial charge is 0.0716 e. The monoisotopic (exact) mass is 139 g/mol. The Morgan fingerprint density at radius 2 is 2.10 bits per heavy atom. The molecule has 3 nitrogen and oxygen atoms in total. The summed E-state index contributed by atoms with van der Waals surface area (Å²) < 4.78 is 0. The van der Waals surface area contributed by atoms with E-state index >= 15 is 0 Å². The summed E-state index contributed by atoms with van der Waals surface area (Å²) in [5.41, 5.74) is 11.3. The fourth-order valence-electron chi connectivity index (χ4n) is 0.384. The van der Waals surface area contributed by atoms with Crippen LogP contribution in [0.3, 0.4) is 0 Å². The SMILES string of the molecule is C/C(C=N)=C/C=CC(N)N. The molecule has 0 spiro atoms. The van der Waals surface area contributed by atoms with Crippen LogP contribution in [0.5, 0.6) is 0 Å². The third kappa shape index (κ3) is 5.21. The summed E-state index contributed by atoms with van der Waals surface area (Å²) in [5.74, 6) is 0. The van der Waals surface area contributed by atoms with Gasteiger partial charge in [-0.15, -0.1) is 0 Å². The van der Waals surface area contributed by atoms with Crippen molar-refractivity contribution in [1.29, 1.82) is 5.41 Å². The quantitative estimate of drug-likeness (QED) is 0.300. The van der Waals surface area contributed by atoms with Crippen molar-refractivity contribution in [3.05, 3.63) is 23.8 Å². The van der Waals surface area contributed by atoms with E-state index in [0.717, 1.165) is 5.57 Å². The molecule has 0 aliphatic heterocycles. The van der Waals surface area contributed by atoms with E-state index in [9.17, 15) is 0 Å². The summed E-state index contributed by atoms with van der Waals surface area (Å²) >= 11 is 0. The lowest BCUT2D eigenvalue weighted by atomic mass is 10.3. The lowest BCUT2D eigenvalue weighted by Gasteiger charge is -1.91. The van der Waals surface area contributed by atoms with Crippen LogP contribution in [0.25, 0.3) is 0 Å². The van der Waals surface area contributed by atoms with E-state index in [1.54, 1.807) is 18.2 Å². The molecule has 0 aromatic rings. The van der Waals surface area contributed by atoms with Gasteiger partial charge in [-0.2, -0.15) is 0 Å². The summed E-state index contributed by atoms with van der Waals surface area (Å²) in [6, 6.07) is 0. The van der Waals surface area contributed by atoms with Gasteiger partial charge in [0, 0.05) is 6.21 Å². The zero-order valence-electron chi connectivity index (χ0n) is 6.04. The molecule has 0 aliphatic carbocycles.